The van der Waals surface area contributed by atoms with Crippen molar-refractivity contribution >= 4 is 15.7 Å². The van der Waals surface area contributed by atoms with Crippen molar-refractivity contribution in [3.63, 3.8) is 0 Å². The first-order valence-corrected chi connectivity index (χ1v) is 9.66. The Morgan fingerprint density at radius 3 is 2.76 bits per heavy atom. The number of hydrogen-bond acceptors (Lipinski definition) is 5. The van der Waals surface area contributed by atoms with Crippen LogP contribution in [0.25, 0.3) is 0 Å². The van der Waals surface area contributed by atoms with Gasteiger partial charge in [0.1, 0.15) is 0 Å². The molecule has 122 valence electrons. The van der Waals surface area contributed by atoms with Crippen LogP contribution >= 0.6 is 0 Å². The van der Waals surface area contributed by atoms with Gasteiger partial charge in [-0.15, -0.1) is 0 Å². The smallest absolute Gasteiger partial charge is 0.224 e. The maximum Gasteiger partial charge on any atom is 0.224 e. The van der Waals surface area contributed by atoms with Crippen molar-refractivity contribution in [2.45, 2.75) is 44.8 Å². The molecule has 1 amide bonds. The molecule has 0 spiro atoms. The predicted molar refractivity (Wildman–Crippen MR) is 80.9 cm³/mol. The summed E-state index contributed by atoms with van der Waals surface area (Å²) >= 11 is 0. The first-order chi connectivity index (χ1) is 10.0. The number of nitrogens with zero attached hydrogens (tertiary/aromatic N) is 1. The topological polar surface area (TPSA) is 75.7 Å². The molecule has 0 saturated carbocycles. The van der Waals surface area contributed by atoms with E-state index < -0.39 is 9.84 Å². The van der Waals surface area contributed by atoms with Crippen molar-refractivity contribution < 1.29 is 17.9 Å². The second kappa shape index (κ2) is 7.56. The Labute approximate surface area is 127 Å². The van der Waals surface area contributed by atoms with Gasteiger partial charge in [-0.25, -0.2) is 8.42 Å². The maximum atomic E-state index is 12.2. The Morgan fingerprint density at radius 2 is 2.19 bits per heavy atom. The monoisotopic (exact) mass is 318 g/mol. The van der Waals surface area contributed by atoms with E-state index >= 15 is 0 Å². The molecule has 0 bridgehead atoms. The molecular formula is C14H26N2O4S. The Hall–Kier alpha value is -0.660. The number of amides is 1. The van der Waals surface area contributed by atoms with Gasteiger partial charge in [-0.3, -0.25) is 4.79 Å². The Kier molecular flexibility index (Phi) is 6.01. The van der Waals surface area contributed by atoms with E-state index in [2.05, 4.69) is 5.32 Å². The first kappa shape index (κ1) is 16.7. The summed E-state index contributed by atoms with van der Waals surface area (Å²) < 4.78 is 28.6. The first-order valence-electron chi connectivity index (χ1n) is 7.84. The Morgan fingerprint density at radius 1 is 1.38 bits per heavy atom. The third kappa shape index (κ3) is 4.93. The van der Waals surface area contributed by atoms with Crippen molar-refractivity contribution in [3.05, 3.63) is 0 Å². The lowest BCUT2D eigenvalue weighted by molar-refractivity contribution is -0.132. The fraction of sp³-hybridized carbons (Fsp3) is 0.929. The minimum absolute atomic E-state index is 0.0411. The van der Waals surface area contributed by atoms with Crippen molar-refractivity contribution in [2.24, 2.45) is 0 Å². The van der Waals surface area contributed by atoms with Crippen LogP contribution in [0.1, 0.15) is 32.6 Å². The van der Waals surface area contributed by atoms with Crippen LogP contribution in [0.5, 0.6) is 0 Å². The van der Waals surface area contributed by atoms with E-state index in [0.717, 1.165) is 26.0 Å². The van der Waals surface area contributed by atoms with Crippen molar-refractivity contribution in [3.8, 4) is 0 Å². The van der Waals surface area contributed by atoms with E-state index in [-0.39, 0.29) is 29.6 Å². The highest BCUT2D eigenvalue weighted by Gasteiger charge is 2.33. The van der Waals surface area contributed by atoms with Gasteiger partial charge in [0.25, 0.3) is 0 Å². The van der Waals surface area contributed by atoms with E-state index in [4.69, 9.17) is 4.74 Å². The second-order valence-corrected chi connectivity index (χ2v) is 8.05. The Bertz CT molecular complexity index is 446. The fourth-order valence-corrected chi connectivity index (χ4v) is 4.80. The second-order valence-electron chi connectivity index (χ2n) is 5.83. The van der Waals surface area contributed by atoms with Crippen LogP contribution < -0.4 is 5.32 Å². The molecule has 2 atom stereocenters. The van der Waals surface area contributed by atoms with E-state index in [9.17, 15) is 13.2 Å². The van der Waals surface area contributed by atoms with Crippen LogP contribution in [-0.2, 0) is 19.4 Å². The van der Waals surface area contributed by atoms with E-state index in [0.29, 0.717) is 25.9 Å². The molecule has 1 N–H and O–H groups in total. The highest BCUT2D eigenvalue weighted by molar-refractivity contribution is 7.91. The molecule has 0 aromatic rings. The minimum atomic E-state index is -2.95. The van der Waals surface area contributed by atoms with E-state index in [1.54, 1.807) is 4.90 Å². The molecular weight excluding hydrogens is 292 g/mol. The van der Waals surface area contributed by atoms with Crippen LogP contribution in [0.2, 0.25) is 0 Å². The molecule has 6 nitrogen and oxygen atoms in total. The van der Waals surface area contributed by atoms with Gasteiger partial charge >= 0.3 is 0 Å². The largest absolute Gasteiger partial charge is 0.377 e. The lowest BCUT2D eigenvalue weighted by Gasteiger charge is -2.27. The molecule has 0 aromatic heterocycles. The van der Waals surface area contributed by atoms with Gasteiger partial charge in [-0.2, -0.15) is 0 Å². The minimum Gasteiger partial charge on any atom is -0.377 e. The summed E-state index contributed by atoms with van der Waals surface area (Å²) in [5, 5.41) is 3.25. The van der Waals surface area contributed by atoms with Gasteiger partial charge in [0.2, 0.25) is 5.91 Å². The number of hydrogen-bond donors (Lipinski definition) is 1. The van der Waals surface area contributed by atoms with Crippen LogP contribution in [0.4, 0.5) is 0 Å². The third-order valence-corrected chi connectivity index (χ3v) is 5.97. The van der Waals surface area contributed by atoms with E-state index in [1.807, 2.05) is 6.92 Å². The summed E-state index contributed by atoms with van der Waals surface area (Å²) in [6.07, 6.45) is 3.47. The molecule has 2 aliphatic heterocycles. The normalized spacial score (nSPS) is 27.9. The van der Waals surface area contributed by atoms with Crippen LogP contribution in [0.3, 0.4) is 0 Å². The average Bonchev–Trinajstić information content (AvgIpc) is 3.05. The average molecular weight is 318 g/mol. The van der Waals surface area contributed by atoms with Gasteiger partial charge < -0.3 is 15.0 Å². The lowest BCUT2D eigenvalue weighted by atomic mass is 10.2. The molecule has 0 aliphatic carbocycles. The SMILES string of the molecule is CCN(C(=O)CCNCC1CCCO1)C1CCS(=O)(=O)C1. The van der Waals surface area contributed by atoms with Gasteiger partial charge in [-0.1, -0.05) is 0 Å². The molecule has 2 unspecified atom stereocenters. The summed E-state index contributed by atoms with van der Waals surface area (Å²) in [6, 6.07) is -0.134. The zero-order valence-electron chi connectivity index (χ0n) is 12.7. The number of sulfone groups is 1. The van der Waals surface area contributed by atoms with Gasteiger partial charge in [0.15, 0.2) is 9.84 Å². The fourth-order valence-electron chi connectivity index (χ4n) is 3.07. The quantitative estimate of drug-likeness (QED) is 0.678. The lowest BCUT2D eigenvalue weighted by Crippen LogP contribution is -2.42. The highest BCUT2D eigenvalue weighted by Crippen LogP contribution is 2.18. The number of carbonyl (C=O) groups excluding carboxylic acids is 1. The zero-order valence-corrected chi connectivity index (χ0v) is 13.5. The third-order valence-electron chi connectivity index (χ3n) is 4.22. The van der Waals surface area contributed by atoms with Crippen LogP contribution in [0, 0.1) is 0 Å². The van der Waals surface area contributed by atoms with Gasteiger partial charge in [0, 0.05) is 38.7 Å². The molecule has 2 saturated heterocycles. The highest BCUT2D eigenvalue weighted by atomic mass is 32.2. The summed E-state index contributed by atoms with van der Waals surface area (Å²) in [5.74, 6) is 0.369. The number of rotatable bonds is 7. The molecule has 2 fully saturated rings. The standard InChI is InChI=1S/C14H26N2O4S/c1-2-16(12-6-9-21(18,19)11-12)14(17)5-7-15-10-13-4-3-8-20-13/h12-13,15H,2-11H2,1H3. The molecule has 2 rings (SSSR count). The molecule has 7 heteroatoms. The van der Waals surface area contributed by atoms with Crippen LogP contribution in [-0.4, -0.2) is 69.1 Å². The molecule has 2 aliphatic rings. The summed E-state index contributed by atoms with van der Waals surface area (Å²) in [4.78, 5) is 13.9. The van der Waals surface area contributed by atoms with Crippen molar-refractivity contribution in [1.82, 2.24) is 10.2 Å². The molecule has 21 heavy (non-hydrogen) atoms. The summed E-state index contributed by atoms with van der Waals surface area (Å²) in [5.41, 5.74) is 0. The number of nitrogens with one attached hydrogen (secondary N) is 1. The van der Waals surface area contributed by atoms with Crippen molar-refractivity contribution in [1.29, 1.82) is 0 Å². The maximum absolute atomic E-state index is 12.2. The van der Waals surface area contributed by atoms with Gasteiger partial charge in [-0.05, 0) is 26.2 Å². The van der Waals surface area contributed by atoms with Gasteiger partial charge in [0.05, 0.1) is 17.6 Å². The predicted octanol–water partition coefficient (Wildman–Crippen LogP) is 0.181. The summed E-state index contributed by atoms with van der Waals surface area (Å²) in [7, 11) is -2.95. The number of carbonyl (C=O) groups is 1. The van der Waals surface area contributed by atoms with Crippen molar-refractivity contribution in [2.75, 3.05) is 37.7 Å². The zero-order chi connectivity index (χ0) is 15.3. The molecule has 0 radical (unpaired) electrons. The summed E-state index contributed by atoms with van der Waals surface area (Å²) in [6.45, 7) is 4.73. The Balaban J connectivity index is 1.70. The molecule has 0 aromatic carbocycles. The molecule has 2 heterocycles. The van der Waals surface area contributed by atoms with Crippen LogP contribution in [0.15, 0.2) is 0 Å². The van der Waals surface area contributed by atoms with E-state index in [1.165, 1.54) is 0 Å². The number of ether oxygens (including phenoxy) is 1.